The molecule has 0 nitrogen and oxygen atoms in total. The van der Waals surface area contributed by atoms with Gasteiger partial charge in [-0.2, -0.15) is 0 Å². The number of allylic oxidation sites excluding steroid dienone is 4. The van der Waals surface area contributed by atoms with Crippen LogP contribution >= 0.6 is 45.2 Å². The van der Waals surface area contributed by atoms with Crippen LogP contribution in [0.15, 0.2) is 49.1 Å². The van der Waals surface area contributed by atoms with Crippen molar-refractivity contribution < 1.29 is 0 Å². The average Bonchev–Trinajstić information content (AvgIpc) is 2.24. The number of benzene rings is 1. The molecule has 0 fully saturated rings. The van der Waals surface area contributed by atoms with Crippen LogP contribution in [0.3, 0.4) is 0 Å². The van der Waals surface area contributed by atoms with Crippen LogP contribution in [-0.2, 0) is 0 Å². The fourth-order valence-electron chi connectivity index (χ4n) is 1.87. The predicted octanol–water partition coefficient (Wildman–Crippen LogP) is 5.20. The molecule has 0 radical (unpaired) electrons. The van der Waals surface area contributed by atoms with Gasteiger partial charge in [-0.05, 0) is 70.2 Å². The Morgan fingerprint density at radius 3 is 2.47 bits per heavy atom. The minimum atomic E-state index is 0.573. The van der Waals surface area contributed by atoms with Crippen molar-refractivity contribution >= 4 is 45.2 Å². The Hall–Kier alpha value is 0.160. The molecular weight excluding hydrogens is 410 g/mol. The van der Waals surface area contributed by atoms with Crippen LogP contribution in [0.5, 0.6) is 0 Å². The van der Waals surface area contributed by atoms with Crippen molar-refractivity contribution in [3.05, 3.63) is 54.7 Å². The van der Waals surface area contributed by atoms with E-state index < -0.39 is 0 Å². The van der Waals surface area contributed by atoms with E-state index in [-0.39, 0.29) is 0 Å². The lowest BCUT2D eigenvalue weighted by atomic mass is 9.89. The number of halogens is 2. The Morgan fingerprint density at radius 1 is 1.13 bits per heavy atom. The minimum Gasteiger partial charge on any atom is -0.0713 e. The van der Waals surface area contributed by atoms with Gasteiger partial charge in [-0.3, -0.25) is 0 Å². The molecule has 1 unspecified atom stereocenters. The molecule has 0 heterocycles. The van der Waals surface area contributed by atoms with E-state index in [2.05, 4.69) is 88.5 Å². The number of rotatable bonds is 1. The third kappa shape index (κ3) is 2.64. The molecule has 1 aliphatic rings. The lowest BCUT2D eigenvalue weighted by Gasteiger charge is -2.22. The highest BCUT2D eigenvalue weighted by Gasteiger charge is 2.20. The molecule has 0 bridgehead atoms. The van der Waals surface area contributed by atoms with Gasteiger partial charge in [-0.15, -0.1) is 0 Å². The summed E-state index contributed by atoms with van der Waals surface area (Å²) in [7, 11) is 0. The largest absolute Gasteiger partial charge is 0.0713 e. The Bertz CT molecular complexity index is 415. The zero-order valence-corrected chi connectivity index (χ0v) is 12.8. The van der Waals surface area contributed by atoms with Crippen LogP contribution in [-0.4, -0.2) is 0 Å². The molecule has 0 saturated heterocycles. The molecule has 2 heteroatoms. The molecule has 15 heavy (non-hydrogen) atoms. The summed E-state index contributed by atoms with van der Waals surface area (Å²) in [4.78, 5) is 0. The first kappa shape index (κ1) is 11.6. The quantitative estimate of drug-likeness (QED) is 0.546. The molecule has 1 aromatic carbocycles. The van der Waals surface area contributed by atoms with Crippen molar-refractivity contribution in [3.63, 3.8) is 0 Å². The van der Waals surface area contributed by atoms with E-state index in [9.17, 15) is 0 Å². The standard InChI is InChI=1S/C13H12I2/c1-9-7-11(13(15)12(14)8-9)10-5-3-2-4-6-10/h2-6,8,11H,7H2,1H3. The van der Waals surface area contributed by atoms with E-state index in [1.165, 1.54) is 18.3 Å². The molecular formula is C13H12I2. The van der Waals surface area contributed by atoms with Crippen molar-refractivity contribution in [1.29, 1.82) is 0 Å². The van der Waals surface area contributed by atoms with E-state index in [4.69, 9.17) is 0 Å². The van der Waals surface area contributed by atoms with Gasteiger partial charge in [0.1, 0.15) is 0 Å². The van der Waals surface area contributed by atoms with Crippen LogP contribution in [0.2, 0.25) is 0 Å². The Balaban J connectivity index is 2.37. The van der Waals surface area contributed by atoms with Crippen molar-refractivity contribution in [2.45, 2.75) is 19.3 Å². The predicted molar refractivity (Wildman–Crippen MR) is 82.6 cm³/mol. The molecule has 1 aliphatic carbocycles. The molecule has 1 atom stereocenters. The van der Waals surface area contributed by atoms with Crippen LogP contribution in [0.4, 0.5) is 0 Å². The summed E-state index contributed by atoms with van der Waals surface area (Å²) in [6, 6.07) is 10.8. The molecule has 0 N–H and O–H groups in total. The first-order chi connectivity index (χ1) is 7.18. The first-order valence-electron chi connectivity index (χ1n) is 4.96. The van der Waals surface area contributed by atoms with Crippen LogP contribution in [0.25, 0.3) is 0 Å². The van der Waals surface area contributed by atoms with E-state index in [1.807, 2.05) is 0 Å². The second kappa shape index (κ2) is 4.99. The lowest BCUT2D eigenvalue weighted by Crippen LogP contribution is -2.04. The van der Waals surface area contributed by atoms with E-state index >= 15 is 0 Å². The SMILES string of the molecule is CC1=CC(I)=C(I)C(c2ccccc2)C1. The van der Waals surface area contributed by atoms with Crippen molar-refractivity contribution in [2.75, 3.05) is 0 Å². The smallest absolute Gasteiger partial charge is 0.0228 e. The summed E-state index contributed by atoms with van der Waals surface area (Å²) in [5.74, 6) is 0.573. The molecule has 1 aromatic rings. The molecule has 0 aromatic heterocycles. The summed E-state index contributed by atoms with van der Waals surface area (Å²) in [5.41, 5.74) is 2.91. The van der Waals surface area contributed by atoms with Crippen molar-refractivity contribution in [3.8, 4) is 0 Å². The second-order valence-corrected chi connectivity index (χ2v) is 6.18. The molecule has 0 saturated carbocycles. The van der Waals surface area contributed by atoms with E-state index in [0.717, 1.165) is 6.42 Å². The maximum Gasteiger partial charge on any atom is 0.0228 e. The lowest BCUT2D eigenvalue weighted by molar-refractivity contribution is 0.807. The fourth-order valence-corrected chi connectivity index (χ4v) is 3.51. The summed E-state index contributed by atoms with van der Waals surface area (Å²) in [6.07, 6.45) is 3.45. The van der Waals surface area contributed by atoms with Gasteiger partial charge >= 0.3 is 0 Å². The van der Waals surface area contributed by atoms with Gasteiger partial charge in [0, 0.05) is 13.1 Å². The molecule has 0 amide bonds. The summed E-state index contributed by atoms with van der Waals surface area (Å²) in [6.45, 7) is 2.22. The Kier molecular flexibility index (Phi) is 3.88. The maximum atomic E-state index is 2.49. The van der Waals surface area contributed by atoms with Crippen molar-refractivity contribution in [2.24, 2.45) is 0 Å². The topological polar surface area (TPSA) is 0 Å². The highest BCUT2D eigenvalue weighted by molar-refractivity contribution is 14.1. The van der Waals surface area contributed by atoms with Crippen LogP contribution in [0, 0.1) is 0 Å². The third-order valence-corrected chi connectivity index (χ3v) is 5.89. The zero-order valence-electron chi connectivity index (χ0n) is 8.50. The van der Waals surface area contributed by atoms with Gasteiger partial charge in [-0.1, -0.05) is 35.9 Å². The molecule has 2 rings (SSSR count). The highest BCUT2D eigenvalue weighted by Crippen LogP contribution is 2.42. The fraction of sp³-hybridized carbons (Fsp3) is 0.231. The summed E-state index contributed by atoms with van der Waals surface area (Å²) >= 11 is 4.92. The Morgan fingerprint density at radius 2 is 1.80 bits per heavy atom. The highest BCUT2D eigenvalue weighted by atomic mass is 127. The summed E-state index contributed by atoms with van der Waals surface area (Å²) in [5, 5.41) is 0. The average molecular weight is 422 g/mol. The molecule has 0 spiro atoms. The summed E-state index contributed by atoms with van der Waals surface area (Å²) < 4.78 is 2.87. The van der Waals surface area contributed by atoms with E-state index in [0.29, 0.717) is 5.92 Å². The number of hydrogen-bond acceptors (Lipinski definition) is 0. The van der Waals surface area contributed by atoms with Gasteiger partial charge in [0.25, 0.3) is 0 Å². The maximum absolute atomic E-state index is 2.49. The monoisotopic (exact) mass is 422 g/mol. The van der Waals surface area contributed by atoms with Gasteiger partial charge < -0.3 is 0 Å². The third-order valence-electron chi connectivity index (χ3n) is 2.64. The normalized spacial score (nSPS) is 21.5. The van der Waals surface area contributed by atoms with Crippen LogP contribution < -0.4 is 0 Å². The van der Waals surface area contributed by atoms with E-state index in [1.54, 1.807) is 0 Å². The second-order valence-electron chi connectivity index (χ2n) is 3.85. The molecule has 78 valence electrons. The van der Waals surface area contributed by atoms with Gasteiger partial charge in [0.15, 0.2) is 0 Å². The first-order valence-corrected chi connectivity index (χ1v) is 7.11. The van der Waals surface area contributed by atoms with Crippen molar-refractivity contribution in [1.82, 2.24) is 0 Å². The van der Waals surface area contributed by atoms with Gasteiger partial charge in [0.2, 0.25) is 0 Å². The van der Waals surface area contributed by atoms with Gasteiger partial charge in [0.05, 0.1) is 0 Å². The molecule has 0 aliphatic heterocycles. The minimum absolute atomic E-state index is 0.573. The number of hydrogen-bond donors (Lipinski definition) is 0. The van der Waals surface area contributed by atoms with Crippen LogP contribution in [0.1, 0.15) is 24.8 Å². The zero-order chi connectivity index (χ0) is 10.8. The Labute approximate surface area is 118 Å². The van der Waals surface area contributed by atoms with Gasteiger partial charge in [-0.25, -0.2) is 0 Å².